The van der Waals surface area contributed by atoms with Crippen molar-refractivity contribution >= 4 is 23.6 Å². The third kappa shape index (κ3) is 3.77. The molecule has 2 rings (SSSR count). The minimum Gasteiger partial charge on any atom is -0.467 e. The zero-order valence-electron chi connectivity index (χ0n) is 11.3. The van der Waals surface area contributed by atoms with Crippen LogP contribution in [0.2, 0.25) is 0 Å². The van der Waals surface area contributed by atoms with Gasteiger partial charge in [0.05, 0.1) is 18.4 Å². The van der Waals surface area contributed by atoms with Gasteiger partial charge in [0.25, 0.3) is 0 Å². The van der Waals surface area contributed by atoms with E-state index in [1.54, 1.807) is 31.0 Å². The highest BCUT2D eigenvalue weighted by Gasteiger charge is 2.35. The molecule has 1 aromatic rings. The number of ether oxygens (including phenoxy) is 1. The van der Waals surface area contributed by atoms with Crippen molar-refractivity contribution < 1.29 is 18.7 Å². The Morgan fingerprint density at radius 2 is 2.25 bits per heavy atom. The standard InChI is InChI=1S/C13H18N2O4S/c1-18-13(4-6-20-9-13)8-15-12(17)11(16)14-7-10-3-2-5-19-10/h2-3,5H,4,6-9H2,1H3,(H,14,16)(H,15,17). The first-order chi connectivity index (χ1) is 9.65. The normalized spacial score (nSPS) is 21.6. The molecule has 1 unspecified atom stereocenters. The topological polar surface area (TPSA) is 80.6 Å². The van der Waals surface area contributed by atoms with E-state index in [-0.39, 0.29) is 12.1 Å². The van der Waals surface area contributed by atoms with Crippen molar-refractivity contribution in [1.29, 1.82) is 0 Å². The van der Waals surface area contributed by atoms with Gasteiger partial charge in [-0.3, -0.25) is 9.59 Å². The fourth-order valence-electron chi connectivity index (χ4n) is 1.94. The Bertz CT molecular complexity index is 455. The lowest BCUT2D eigenvalue weighted by Gasteiger charge is -2.26. The predicted octanol–water partition coefficient (Wildman–Crippen LogP) is 0.534. The summed E-state index contributed by atoms with van der Waals surface area (Å²) in [7, 11) is 1.63. The molecule has 0 saturated carbocycles. The largest absolute Gasteiger partial charge is 0.467 e. The zero-order chi connectivity index (χ0) is 14.4. The quantitative estimate of drug-likeness (QED) is 0.775. The van der Waals surface area contributed by atoms with Crippen molar-refractivity contribution in [2.45, 2.75) is 18.6 Å². The number of thioether (sulfide) groups is 1. The Morgan fingerprint density at radius 1 is 1.45 bits per heavy atom. The summed E-state index contributed by atoms with van der Waals surface area (Å²) in [6.45, 7) is 0.550. The molecule has 110 valence electrons. The Morgan fingerprint density at radius 3 is 2.85 bits per heavy atom. The second-order valence-corrected chi connectivity index (χ2v) is 5.74. The third-order valence-electron chi connectivity index (χ3n) is 3.28. The monoisotopic (exact) mass is 298 g/mol. The van der Waals surface area contributed by atoms with Crippen molar-refractivity contribution in [2.24, 2.45) is 0 Å². The third-order valence-corrected chi connectivity index (χ3v) is 4.50. The van der Waals surface area contributed by atoms with Gasteiger partial charge < -0.3 is 19.8 Å². The average Bonchev–Trinajstić information content (AvgIpc) is 3.14. The van der Waals surface area contributed by atoms with Crippen molar-refractivity contribution in [2.75, 3.05) is 25.2 Å². The average molecular weight is 298 g/mol. The van der Waals surface area contributed by atoms with Gasteiger partial charge in [-0.1, -0.05) is 0 Å². The van der Waals surface area contributed by atoms with E-state index in [0.29, 0.717) is 12.3 Å². The van der Waals surface area contributed by atoms with E-state index in [9.17, 15) is 9.59 Å². The van der Waals surface area contributed by atoms with Crippen LogP contribution in [-0.2, 0) is 20.9 Å². The number of hydrogen-bond acceptors (Lipinski definition) is 5. The molecule has 1 aromatic heterocycles. The summed E-state index contributed by atoms with van der Waals surface area (Å²) in [6, 6.07) is 3.45. The van der Waals surface area contributed by atoms with Crippen LogP contribution in [0.5, 0.6) is 0 Å². The second-order valence-electron chi connectivity index (χ2n) is 4.63. The molecule has 0 spiro atoms. The lowest BCUT2D eigenvalue weighted by molar-refractivity contribution is -0.140. The van der Waals surface area contributed by atoms with Gasteiger partial charge in [-0.05, 0) is 24.3 Å². The van der Waals surface area contributed by atoms with Crippen molar-refractivity contribution in [3.05, 3.63) is 24.2 Å². The van der Waals surface area contributed by atoms with E-state index in [1.807, 2.05) is 0 Å². The molecule has 1 fully saturated rings. The van der Waals surface area contributed by atoms with E-state index in [4.69, 9.17) is 9.15 Å². The van der Waals surface area contributed by atoms with E-state index in [1.165, 1.54) is 6.26 Å². The molecule has 0 aliphatic carbocycles. The van der Waals surface area contributed by atoms with Crippen LogP contribution >= 0.6 is 11.8 Å². The first kappa shape index (κ1) is 14.9. The number of carbonyl (C=O) groups excluding carboxylic acids is 2. The van der Waals surface area contributed by atoms with Crippen molar-refractivity contribution in [3.63, 3.8) is 0 Å². The molecule has 1 atom stereocenters. The van der Waals surface area contributed by atoms with Crippen LogP contribution in [0, 0.1) is 0 Å². The fraction of sp³-hybridized carbons (Fsp3) is 0.538. The molecule has 1 saturated heterocycles. The lowest BCUT2D eigenvalue weighted by Crippen LogP contribution is -2.48. The van der Waals surface area contributed by atoms with E-state index in [0.717, 1.165) is 17.9 Å². The van der Waals surface area contributed by atoms with Crippen LogP contribution in [0.4, 0.5) is 0 Å². The predicted molar refractivity (Wildman–Crippen MR) is 75.2 cm³/mol. The molecule has 2 amide bonds. The summed E-state index contributed by atoms with van der Waals surface area (Å²) in [5.41, 5.74) is -0.346. The molecule has 0 bridgehead atoms. The Hall–Kier alpha value is -1.47. The highest BCUT2D eigenvalue weighted by Crippen LogP contribution is 2.30. The van der Waals surface area contributed by atoms with Gasteiger partial charge in [-0.25, -0.2) is 0 Å². The van der Waals surface area contributed by atoms with Gasteiger partial charge in [-0.15, -0.1) is 0 Å². The Kier molecular flexibility index (Phi) is 5.08. The Labute approximate surface area is 121 Å². The second kappa shape index (κ2) is 6.81. The number of methoxy groups -OCH3 is 1. The van der Waals surface area contributed by atoms with Crippen LogP contribution < -0.4 is 10.6 Å². The molecular weight excluding hydrogens is 280 g/mol. The molecule has 7 heteroatoms. The fourth-order valence-corrected chi connectivity index (χ4v) is 3.34. The summed E-state index contributed by atoms with van der Waals surface area (Å²) in [6.07, 6.45) is 2.39. The molecule has 1 aliphatic rings. The number of furan rings is 1. The van der Waals surface area contributed by atoms with Crippen molar-refractivity contribution in [1.82, 2.24) is 10.6 Å². The van der Waals surface area contributed by atoms with E-state index in [2.05, 4.69) is 10.6 Å². The molecule has 6 nitrogen and oxygen atoms in total. The van der Waals surface area contributed by atoms with Crippen LogP contribution in [0.3, 0.4) is 0 Å². The minimum atomic E-state index is -0.668. The molecule has 2 N–H and O–H groups in total. The molecule has 20 heavy (non-hydrogen) atoms. The molecule has 2 heterocycles. The van der Waals surface area contributed by atoms with Gasteiger partial charge in [0.2, 0.25) is 0 Å². The molecule has 0 radical (unpaired) electrons. The number of rotatable bonds is 5. The van der Waals surface area contributed by atoms with Crippen LogP contribution in [0.15, 0.2) is 22.8 Å². The maximum Gasteiger partial charge on any atom is 0.309 e. The summed E-state index contributed by atoms with van der Waals surface area (Å²) < 4.78 is 10.5. The van der Waals surface area contributed by atoms with E-state index < -0.39 is 11.8 Å². The maximum atomic E-state index is 11.7. The van der Waals surface area contributed by atoms with Gasteiger partial charge >= 0.3 is 11.8 Å². The van der Waals surface area contributed by atoms with E-state index >= 15 is 0 Å². The number of nitrogens with one attached hydrogen (secondary N) is 2. The van der Waals surface area contributed by atoms with Gasteiger partial charge in [0, 0.05) is 19.4 Å². The molecule has 0 aromatic carbocycles. The summed E-state index contributed by atoms with van der Waals surface area (Å²) in [4.78, 5) is 23.3. The highest BCUT2D eigenvalue weighted by atomic mass is 32.2. The lowest BCUT2D eigenvalue weighted by atomic mass is 10.0. The first-order valence-corrected chi connectivity index (χ1v) is 7.52. The van der Waals surface area contributed by atoms with Crippen molar-refractivity contribution in [3.8, 4) is 0 Å². The maximum absolute atomic E-state index is 11.7. The van der Waals surface area contributed by atoms with Crippen LogP contribution in [-0.4, -0.2) is 42.6 Å². The van der Waals surface area contributed by atoms with Gasteiger partial charge in [0.1, 0.15) is 5.76 Å². The minimum absolute atomic E-state index is 0.199. The number of carbonyl (C=O) groups is 2. The smallest absolute Gasteiger partial charge is 0.309 e. The summed E-state index contributed by atoms with van der Waals surface area (Å²) in [5.74, 6) is 1.13. The van der Waals surface area contributed by atoms with Crippen LogP contribution in [0.1, 0.15) is 12.2 Å². The van der Waals surface area contributed by atoms with Gasteiger partial charge in [0.15, 0.2) is 0 Å². The first-order valence-electron chi connectivity index (χ1n) is 6.36. The van der Waals surface area contributed by atoms with Crippen LogP contribution in [0.25, 0.3) is 0 Å². The number of amides is 2. The SMILES string of the molecule is COC1(CNC(=O)C(=O)NCc2ccco2)CCSC1. The number of hydrogen-bond donors (Lipinski definition) is 2. The Balaban J connectivity index is 1.75. The molecule has 1 aliphatic heterocycles. The molecular formula is C13H18N2O4S. The summed E-state index contributed by atoms with van der Waals surface area (Å²) >= 11 is 1.78. The zero-order valence-corrected chi connectivity index (χ0v) is 12.1. The van der Waals surface area contributed by atoms with Gasteiger partial charge in [-0.2, -0.15) is 11.8 Å². The highest BCUT2D eigenvalue weighted by molar-refractivity contribution is 7.99. The summed E-state index contributed by atoms with van der Waals surface area (Å²) in [5, 5.41) is 5.13.